The number of nitrogens with one attached hydrogen (secondary N) is 1. The van der Waals surface area contributed by atoms with Gasteiger partial charge in [-0.05, 0) is 39.0 Å². The molecule has 1 N–H and O–H groups in total. The third kappa shape index (κ3) is 5.11. The Bertz CT molecular complexity index is 1240. The largest absolute Gasteiger partial charge is 0.493 e. The molecule has 0 spiro atoms. The van der Waals surface area contributed by atoms with Gasteiger partial charge in [-0.2, -0.15) is 0 Å². The second-order valence-electron chi connectivity index (χ2n) is 7.89. The molecule has 1 aromatic heterocycles. The van der Waals surface area contributed by atoms with Crippen LogP contribution >= 0.6 is 0 Å². The number of anilines is 1. The van der Waals surface area contributed by atoms with Crippen LogP contribution < -0.4 is 14.8 Å². The fourth-order valence-electron chi connectivity index (χ4n) is 3.76. The first-order valence-corrected chi connectivity index (χ1v) is 10.7. The third-order valence-electron chi connectivity index (χ3n) is 5.41. The quantitative estimate of drug-likeness (QED) is 0.392. The van der Waals surface area contributed by atoms with Crippen molar-refractivity contribution in [3.05, 3.63) is 70.5 Å². The van der Waals surface area contributed by atoms with E-state index in [-0.39, 0.29) is 28.7 Å². The maximum absolute atomic E-state index is 12.9. The van der Waals surface area contributed by atoms with Crippen LogP contribution in [0.15, 0.2) is 42.5 Å². The second kappa shape index (κ2) is 10.2. The van der Waals surface area contributed by atoms with Gasteiger partial charge in [-0.3, -0.25) is 9.59 Å². The van der Waals surface area contributed by atoms with E-state index in [1.54, 1.807) is 6.07 Å². The van der Waals surface area contributed by atoms with Gasteiger partial charge in [0.05, 0.1) is 25.5 Å². The molecule has 0 fully saturated rings. The molecule has 0 aliphatic heterocycles. The van der Waals surface area contributed by atoms with Crippen molar-refractivity contribution in [2.45, 2.75) is 27.7 Å². The molecular formula is C26H28N2O6. The molecule has 8 heteroatoms. The van der Waals surface area contributed by atoms with Crippen LogP contribution in [0.1, 0.15) is 44.6 Å². The molecular weight excluding hydrogens is 436 g/mol. The normalized spacial score (nSPS) is 10.5. The fraction of sp³-hybridized carbons (Fsp3) is 0.269. The van der Waals surface area contributed by atoms with E-state index in [9.17, 15) is 14.4 Å². The molecule has 8 nitrogen and oxygen atoms in total. The van der Waals surface area contributed by atoms with Gasteiger partial charge in [-0.1, -0.05) is 17.7 Å². The first-order chi connectivity index (χ1) is 16.2. The molecule has 0 unspecified atom stereocenters. The fourth-order valence-corrected chi connectivity index (χ4v) is 3.76. The third-order valence-corrected chi connectivity index (χ3v) is 5.41. The lowest BCUT2D eigenvalue weighted by atomic mass is 10.1. The molecule has 0 aliphatic rings. The zero-order valence-corrected chi connectivity index (χ0v) is 20.1. The van der Waals surface area contributed by atoms with Gasteiger partial charge in [0, 0.05) is 41.7 Å². The van der Waals surface area contributed by atoms with E-state index in [1.807, 2.05) is 49.6 Å². The van der Waals surface area contributed by atoms with Crippen LogP contribution in [0, 0.1) is 20.8 Å². The summed E-state index contributed by atoms with van der Waals surface area (Å²) in [5.74, 6) is -0.855. The van der Waals surface area contributed by atoms with Gasteiger partial charge in [-0.15, -0.1) is 0 Å². The Labute approximate surface area is 198 Å². The average molecular weight is 465 g/mol. The molecule has 2 aromatic carbocycles. The molecule has 0 saturated heterocycles. The first-order valence-electron chi connectivity index (χ1n) is 10.7. The van der Waals surface area contributed by atoms with Gasteiger partial charge < -0.3 is 24.1 Å². The molecule has 1 heterocycles. The molecule has 178 valence electrons. The summed E-state index contributed by atoms with van der Waals surface area (Å²) in [6, 6.07) is 12.6. The van der Waals surface area contributed by atoms with Crippen LogP contribution in [-0.2, 0) is 9.53 Å². The molecule has 0 aliphatic carbocycles. The number of ether oxygens (including phenoxy) is 3. The van der Waals surface area contributed by atoms with Crippen molar-refractivity contribution in [2.75, 3.05) is 26.1 Å². The van der Waals surface area contributed by atoms with Gasteiger partial charge in [0.15, 0.2) is 18.1 Å². The summed E-state index contributed by atoms with van der Waals surface area (Å²) >= 11 is 0. The maximum atomic E-state index is 12.9. The topological polar surface area (TPSA) is 95.9 Å². The summed E-state index contributed by atoms with van der Waals surface area (Å²) in [7, 11) is 2.87. The Morgan fingerprint density at radius 2 is 1.50 bits per heavy atom. The van der Waals surface area contributed by atoms with Crippen LogP contribution in [0.3, 0.4) is 0 Å². The minimum atomic E-state index is -0.773. The molecule has 3 aromatic rings. The number of aryl methyl sites for hydroxylation is 2. The Hall–Kier alpha value is -4.07. The number of ketones is 1. The predicted molar refractivity (Wildman–Crippen MR) is 128 cm³/mol. The average Bonchev–Trinajstić information content (AvgIpc) is 3.11. The van der Waals surface area contributed by atoms with Crippen molar-refractivity contribution >= 4 is 23.3 Å². The number of methoxy groups -OCH3 is 2. The lowest BCUT2D eigenvalue weighted by molar-refractivity contribution is -0.114. The number of esters is 1. The van der Waals surface area contributed by atoms with E-state index in [1.165, 1.54) is 33.3 Å². The number of nitrogens with zero attached hydrogens (tertiary/aromatic N) is 1. The summed E-state index contributed by atoms with van der Waals surface area (Å²) in [5.41, 5.74) is 4.45. The Balaban J connectivity index is 1.83. The van der Waals surface area contributed by atoms with Crippen molar-refractivity contribution < 1.29 is 28.6 Å². The van der Waals surface area contributed by atoms with Crippen LogP contribution in [0.5, 0.6) is 11.5 Å². The number of hydrogen-bond donors (Lipinski definition) is 1. The van der Waals surface area contributed by atoms with Crippen molar-refractivity contribution in [1.82, 2.24) is 4.57 Å². The smallest absolute Gasteiger partial charge is 0.340 e. The van der Waals surface area contributed by atoms with Crippen molar-refractivity contribution in [3.63, 3.8) is 0 Å². The van der Waals surface area contributed by atoms with Gasteiger partial charge >= 0.3 is 5.97 Å². The highest BCUT2D eigenvalue weighted by Gasteiger charge is 2.22. The van der Waals surface area contributed by atoms with Gasteiger partial charge in [0.25, 0.3) is 0 Å². The lowest BCUT2D eigenvalue weighted by Crippen LogP contribution is -2.17. The number of amides is 1. The van der Waals surface area contributed by atoms with Crippen LogP contribution in [-0.4, -0.2) is 43.1 Å². The summed E-state index contributed by atoms with van der Waals surface area (Å²) in [6.45, 7) is 6.65. The molecule has 0 bridgehead atoms. The summed E-state index contributed by atoms with van der Waals surface area (Å²) in [4.78, 5) is 37.4. The Morgan fingerprint density at radius 3 is 2.09 bits per heavy atom. The molecule has 3 rings (SSSR count). The SMILES string of the molecule is COc1cc(NC(C)=O)c(C(=O)OCC(=O)c2cc(C)n(-c3ccc(C)cc3)c2C)cc1OC. The lowest BCUT2D eigenvalue weighted by Gasteiger charge is -2.14. The number of carbonyl (C=O) groups is 3. The van der Waals surface area contributed by atoms with Gasteiger partial charge in [-0.25, -0.2) is 4.79 Å². The van der Waals surface area contributed by atoms with E-state index in [4.69, 9.17) is 14.2 Å². The number of hydrogen-bond acceptors (Lipinski definition) is 6. The Kier molecular flexibility index (Phi) is 7.40. The van der Waals surface area contributed by atoms with Crippen molar-refractivity contribution in [2.24, 2.45) is 0 Å². The number of aromatic nitrogens is 1. The van der Waals surface area contributed by atoms with E-state index < -0.39 is 12.6 Å². The zero-order chi connectivity index (χ0) is 25.0. The molecule has 34 heavy (non-hydrogen) atoms. The van der Waals surface area contributed by atoms with Gasteiger partial charge in [0.1, 0.15) is 0 Å². The van der Waals surface area contributed by atoms with E-state index >= 15 is 0 Å². The number of rotatable bonds is 8. The first kappa shape index (κ1) is 24.6. The summed E-state index contributed by atoms with van der Waals surface area (Å²) in [5, 5.41) is 2.58. The van der Waals surface area contributed by atoms with Gasteiger partial charge in [0.2, 0.25) is 11.7 Å². The zero-order valence-electron chi connectivity index (χ0n) is 20.1. The highest BCUT2D eigenvalue weighted by atomic mass is 16.5. The van der Waals surface area contributed by atoms with E-state index in [0.29, 0.717) is 11.3 Å². The highest BCUT2D eigenvalue weighted by molar-refractivity contribution is 6.04. The number of benzene rings is 2. The molecule has 1 amide bonds. The molecule has 0 radical (unpaired) electrons. The number of carbonyl (C=O) groups excluding carboxylic acids is 3. The van der Waals surface area contributed by atoms with Crippen LogP contribution in [0.25, 0.3) is 5.69 Å². The molecule has 0 saturated carbocycles. The van der Waals surface area contributed by atoms with E-state index in [0.717, 1.165) is 22.6 Å². The van der Waals surface area contributed by atoms with Crippen molar-refractivity contribution in [3.8, 4) is 17.2 Å². The van der Waals surface area contributed by atoms with Crippen LogP contribution in [0.4, 0.5) is 5.69 Å². The van der Waals surface area contributed by atoms with Crippen LogP contribution in [0.2, 0.25) is 0 Å². The minimum Gasteiger partial charge on any atom is -0.493 e. The summed E-state index contributed by atoms with van der Waals surface area (Å²) < 4.78 is 17.8. The number of Topliss-reactive ketones (excluding diaryl/α,β-unsaturated/α-hetero) is 1. The minimum absolute atomic E-state index is 0.0470. The monoisotopic (exact) mass is 464 g/mol. The van der Waals surface area contributed by atoms with E-state index in [2.05, 4.69) is 5.32 Å². The highest BCUT2D eigenvalue weighted by Crippen LogP contribution is 2.34. The maximum Gasteiger partial charge on any atom is 0.340 e. The predicted octanol–water partition coefficient (Wildman–Crippen LogP) is 4.42. The summed E-state index contributed by atoms with van der Waals surface area (Å²) in [6.07, 6.45) is 0. The second-order valence-corrected chi connectivity index (χ2v) is 7.89. The molecule has 0 atom stereocenters. The Morgan fingerprint density at radius 1 is 0.882 bits per heavy atom. The van der Waals surface area contributed by atoms with Crippen molar-refractivity contribution in [1.29, 1.82) is 0 Å². The standard InChI is InChI=1S/C26H28N2O6/c1-15-7-9-19(10-8-15)28-16(2)11-20(17(28)3)23(30)14-34-26(31)21-12-24(32-5)25(33-6)13-22(21)27-18(4)29/h7-13H,14H2,1-6H3,(H,27,29).